The molecule has 2 aromatic heterocycles. The number of hydrogen-bond donors (Lipinski definition) is 0. The number of rotatable bonds is 0. The number of imidazole rings is 1. The zero-order chi connectivity index (χ0) is 13.8. The fourth-order valence-electron chi connectivity index (χ4n) is 2.91. The molecule has 0 aliphatic rings. The Hall–Kier alpha value is -3.01. The number of fused-ring (bicyclic) bond motifs is 7. The van der Waals surface area contributed by atoms with Crippen LogP contribution in [0.1, 0.15) is 0 Å². The fraction of sp³-hybridized carbons (Fsp3) is 0. The summed E-state index contributed by atoms with van der Waals surface area (Å²) in [7, 11) is 0. The molecule has 5 rings (SSSR count). The van der Waals surface area contributed by atoms with Crippen molar-refractivity contribution in [3.8, 4) is 0 Å². The molecule has 0 fully saturated rings. The lowest BCUT2D eigenvalue weighted by Crippen LogP contribution is -1.95. The third-order valence-corrected chi connectivity index (χ3v) is 3.91. The van der Waals surface area contributed by atoms with Gasteiger partial charge in [-0.25, -0.2) is 4.98 Å². The smallest absolute Gasteiger partial charge is 0.166 e. The van der Waals surface area contributed by atoms with Crippen molar-refractivity contribution < 1.29 is 0 Å². The molecular weight excluding hydrogens is 260 g/mol. The van der Waals surface area contributed by atoms with Crippen molar-refractivity contribution in [1.82, 2.24) is 19.8 Å². The Kier molecular flexibility index (Phi) is 1.92. The molecule has 0 saturated carbocycles. The first kappa shape index (κ1) is 10.7. The highest BCUT2D eigenvalue weighted by molar-refractivity contribution is 6.07. The minimum atomic E-state index is 0.854. The molecule has 0 saturated heterocycles. The number of aromatic nitrogens is 4. The van der Waals surface area contributed by atoms with Crippen LogP contribution in [0.2, 0.25) is 0 Å². The highest BCUT2D eigenvalue weighted by atomic mass is 15.4. The Labute approximate surface area is 119 Å². The second-order valence-electron chi connectivity index (χ2n) is 5.11. The van der Waals surface area contributed by atoms with E-state index in [1.807, 2.05) is 40.9 Å². The summed E-state index contributed by atoms with van der Waals surface area (Å²) in [5, 5.41) is 11.9. The van der Waals surface area contributed by atoms with Gasteiger partial charge in [0.25, 0.3) is 0 Å². The maximum Gasteiger partial charge on any atom is 0.166 e. The molecule has 0 N–H and O–H groups in total. The highest BCUT2D eigenvalue weighted by Gasteiger charge is 2.11. The Morgan fingerprint density at radius 2 is 1.57 bits per heavy atom. The largest absolute Gasteiger partial charge is 0.226 e. The van der Waals surface area contributed by atoms with Gasteiger partial charge in [-0.15, -0.1) is 5.10 Å². The summed E-state index contributed by atoms with van der Waals surface area (Å²) in [6.07, 6.45) is 0. The molecule has 3 aromatic carbocycles. The molecule has 0 spiro atoms. The van der Waals surface area contributed by atoms with Crippen molar-refractivity contribution >= 4 is 38.4 Å². The van der Waals surface area contributed by atoms with Crippen LogP contribution in [0.3, 0.4) is 0 Å². The third-order valence-electron chi connectivity index (χ3n) is 3.91. The molecule has 0 radical (unpaired) electrons. The van der Waals surface area contributed by atoms with E-state index in [0.717, 1.165) is 33.0 Å². The van der Waals surface area contributed by atoms with Gasteiger partial charge in [0.1, 0.15) is 0 Å². The topological polar surface area (TPSA) is 43.1 Å². The van der Waals surface area contributed by atoms with Gasteiger partial charge in [0.05, 0.1) is 16.6 Å². The minimum Gasteiger partial charge on any atom is -0.226 e. The third kappa shape index (κ3) is 1.36. The zero-order valence-corrected chi connectivity index (χ0v) is 11.1. The van der Waals surface area contributed by atoms with Gasteiger partial charge in [0, 0.05) is 10.8 Å². The lowest BCUT2D eigenvalue weighted by molar-refractivity contribution is 0.850. The first-order chi connectivity index (χ1) is 10.4. The number of nitrogens with zero attached hydrogens (tertiary/aromatic N) is 4. The van der Waals surface area contributed by atoms with E-state index in [4.69, 9.17) is 4.98 Å². The van der Waals surface area contributed by atoms with Crippen molar-refractivity contribution in [1.29, 1.82) is 0 Å². The maximum absolute atomic E-state index is 4.83. The molecule has 0 atom stereocenters. The summed E-state index contributed by atoms with van der Waals surface area (Å²) in [6.45, 7) is 0. The molecule has 0 bridgehead atoms. The molecular formula is C17H10N4. The van der Waals surface area contributed by atoms with Crippen LogP contribution in [-0.2, 0) is 0 Å². The van der Waals surface area contributed by atoms with Crippen molar-refractivity contribution in [3.63, 3.8) is 0 Å². The molecule has 21 heavy (non-hydrogen) atoms. The van der Waals surface area contributed by atoms with Gasteiger partial charge in [-0.1, -0.05) is 47.7 Å². The van der Waals surface area contributed by atoms with Crippen LogP contribution in [0.25, 0.3) is 38.4 Å². The van der Waals surface area contributed by atoms with Crippen molar-refractivity contribution in [2.24, 2.45) is 0 Å². The van der Waals surface area contributed by atoms with E-state index in [-0.39, 0.29) is 0 Å². The van der Waals surface area contributed by atoms with E-state index in [9.17, 15) is 0 Å². The van der Waals surface area contributed by atoms with Crippen LogP contribution in [0.15, 0.2) is 60.7 Å². The molecule has 0 unspecified atom stereocenters. The lowest BCUT2D eigenvalue weighted by Gasteiger charge is -1.98. The van der Waals surface area contributed by atoms with Crippen LogP contribution >= 0.6 is 0 Å². The molecule has 0 aliphatic carbocycles. The van der Waals surface area contributed by atoms with Crippen LogP contribution in [0.5, 0.6) is 0 Å². The van der Waals surface area contributed by atoms with Gasteiger partial charge >= 0.3 is 0 Å². The standard InChI is InChI=1S/C17H10N4/c1-2-6-12-11(5-1)9-10-15-16(12)18-17-13-7-3-4-8-14(13)19-20-21(15)17/h1-10H. The van der Waals surface area contributed by atoms with Crippen LogP contribution in [0.4, 0.5) is 0 Å². The van der Waals surface area contributed by atoms with Gasteiger partial charge in [-0.2, -0.15) is 4.52 Å². The van der Waals surface area contributed by atoms with Crippen LogP contribution < -0.4 is 0 Å². The highest BCUT2D eigenvalue weighted by Crippen LogP contribution is 2.27. The van der Waals surface area contributed by atoms with E-state index in [1.165, 1.54) is 5.39 Å². The zero-order valence-electron chi connectivity index (χ0n) is 11.1. The summed E-state index contributed by atoms with van der Waals surface area (Å²) in [6, 6.07) is 20.4. The van der Waals surface area contributed by atoms with Gasteiger partial charge < -0.3 is 0 Å². The fourth-order valence-corrected chi connectivity index (χ4v) is 2.91. The molecule has 4 heteroatoms. The lowest BCUT2D eigenvalue weighted by atomic mass is 10.1. The van der Waals surface area contributed by atoms with Crippen molar-refractivity contribution in [2.75, 3.05) is 0 Å². The molecule has 0 amide bonds. The van der Waals surface area contributed by atoms with Gasteiger partial charge in [0.15, 0.2) is 5.65 Å². The Balaban J connectivity index is 2.09. The summed E-state index contributed by atoms with van der Waals surface area (Å²) < 4.78 is 1.82. The summed E-state index contributed by atoms with van der Waals surface area (Å²) in [5.74, 6) is 0. The van der Waals surface area contributed by atoms with E-state index < -0.39 is 0 Å². The van der Waals surface area contributed by atoms with Gasteiger partial charge in [-0.05, 0) is 23.6 Å². The molecule has 2 heterocycles. The Bertz CT molecular complexity index is 1050. The second kappa shape index (κ2) is 3.76. The summed E-state index contributed by atoms with van der Waals surface area (Å²) in [4.78, 5) is 4.83. The van der Waals surface area contributed by atoms with Crippen molar-refractivity contribution in [2.45, 2.75) is 0 Å². The first-order valence-electron chi connectivity index (χ1n) is 6.83. The summed E-state index contributed by atoms with van der Waals surface area (Å²) in [5.41, 5.74) is 3.68. The van der Waals surface area contributed by atoms with E-state index in [1.54, 1.807) is 0 Å². The number of benzene rings is 3. The average molecular weight is 270 g/mol. The van der Waals surface area contributed by atoms with Gasteiger partial charge in [0.2, 0.25) is 0 Å². The van der Waals surface area contributed by atoms with Crippen LogP contribution in [0, 0.1) is 0 Å². The van der Waals surface area contributed by atoms with Gasteiger partial charge in [-0.3, -0.25) is 0 Å². The predicted octanol–water partition coefficient (Wildman–Crippen LogP) is 3.58. The molecule has 0 aliphatic heterocycles. The predicted molar refractivity (Wildman–Crippen MR) is 83.3 cm³/mol. The maximum atomic E-state index is 4.83. The summed E-state index contributed by atoms with van der Waals surface area (Å²) >= 11 is 0. The van der Waals surface area contributed by atoms with E-state index >= 15 is 0 Å². The van der Waals surface area contributed by atoms with E-state index in [0.29, 0.717) is 0 Å². The Morgan fingerprint density at radius 1 is 0.762 bits per heavy atom. The quantitative estimate of drug-likeness (QED) is 0.432. The molecule has 4 nitrogen and oxygen atoms in total. The first-order valence-corrected chi connectivity index (χ1v) is 6.83. The van der Waals surface area contributed by atoms with Crippen molar-refractivity contribution in [3.05, 3.63) is 60.7 Å². The van der Waals surface area contributed by atoms with E-state index in [2.05, 4.69) is 34.6 Å². The molecule has 98 valence electrons. The normalized spacial score (nSPS) is 11.8. The monoisotopic (exact) mass is 270 g/mol. The number of hydrogen-bond acceptors (Lipinski definition) is 3. The second-order valence-corrected chi connectivity index (χ2v) is 5.11. The molecule has 5 aromatic rings. The minimum absolute atomic E-state index is 0.854. The van der Waals surface area contributed by atoms with Crippen LogP contribution in [-0.4, -0.2) is 19.8 Å². The Morgan fingerprint density at radius 3 is 2.52 bits per heavy atom. The average Bonchev–Trinajstić information content (AvgIpc) is 2.94. The SMILES string of the molecule is c1ccc2c(c1)ccc1c2nc2c3ccccc3nnn12.